The molecule has 1 saturated heterocycles. The number of rotatable bonds is 5. The molecule has 0 aromatic rings. The van der Waals surface area contributed by atoms with Crippen LogP contribution in [0.5, 0.6) is 0 Å². The number of hydrogen-bond donors (Lipinski definition) is 1. The van der Waals surface area contributed by atoms with Crippen molar-refractivity contribution in [1.82, 2.24) is 4.90 Å². The zero-order chi connectivity index (χ0) is 12.1. The smallest absolute Gasteiger partial charge is 0.320 e. The number of likely N-dealkylation sites (tertiary alicyclic amines) is 1. The third-order valence-electron chi connectivity index (χ3n) is 3.26. The maximum absolute atomic E-state index is 11.5. The van der Waals surface area contributed by atoms with Crippen LogP contribution in [0.3, 0.4) is 0 Å². The van der Waals surface area contributed by atoms with Crippen molar-refractivity contribution in [3.63, 3.8) is 0 Å². The van der Waals surface area contributed by atoms with Gasteiger partial charge in [-0.3, -0.25) is 14.5 Å². The first kappa shape index (κ1) is 13.2. The fourth-order valence-corrected chi connectivity index (χ4v) is 2.47. The van der Waals surface area contributed by atoms with Crippen molar-refractivity contribution < 1.29 is 14.7 Å². The number of Topliss-reactive ketones (excluding diaryl/α,β-unsaturated/α-hetero) is 1. The third kappa shape index (κ3) is 3.04. The maximum atomic E-state index is 11.5. The molecule has 16 heavy (non-hydrogen) atoms. The zero-order valence-electron chi connectivity index (χ0n) is 10.1. The summed E-state index contributed by atoms with van der Waals surface area (Å²) in [5.41, 5.74) is 0. The normalized spacial score (nSPS) is 24.0. The van der Waals surface area contributed by atoms with E-state index in [0.717, 1.165) is 32.2 Å². The topological polar surface area (TPSA) is 57.6 Å². The molecular formula is C12H21NO3. The number of piperidine rings is 1. The van der Waals surface area contributed by atoms with E-state index >= 15 is 0 Å². The number of carboxylic acids is 1. The molecule has 0 saturated carbocycles. The summed E-state index contributed by atoms with van der Waals surface area (Å²) in [7, 11) is 0. The quantitative estimate of drug-likeness (QED) is 0.776. The molecule has 1 N–H and O–H groups in total. The molecule has 4 heteroatoms. The molecule has 1 fully saturated rings. The Kier molecular flexibility index (Phi) is 4.93. The average Bonchev–Trinajstić information content (AvgIpc) is 2.25. The Bertz CT molecular complexity index is 265. The van der Waals surface area contributed by atoms with Gasteiger partial charge in [-0.15, -0.1) is 0 Å². The second-order valence-electron chi connectivity index (χ2n) is 4.50. The van der Waals surface area contributed by atoms with Crippen LogP contribution >= 0.6 is 0 Å². The molecular weight excluding hydrogens is 206 g/mol. The van der Waals surface area contributed by atoms with Gasteiger partial charge in [0.25, 0.3) is 0 Å². The van der Waals surface area contributed by atoms with Gasteiger partial charge in [-0.2, -0.15) is 0 Å². The van der Waals surface area contributed by atoms with Crippen molar-refractivity contribution >= 4 is 11.8 Å². The van der Waals surface area contributed by atoms with E-state index in [1.807, 2.05) is 11.8 Å². The van der Waals surface area contributed by atoms with Crippen molar-refractivity contribution in [3.05, 3.63) is 0 Å². The summed E-state index contributed by atoms with van der Waals surface area (Å²) in [4.78, 5) is 24.6. The molecule has 2 unspecified atom stereocenters. The highest BCUT2D eigenvalue weighted by Gasteiger charge is 2.34. The van der Waals surface area contributed by atoms with E-state index in [1.54, 1.807) is 6.92 Å². The monoisotopic (exact) mass is 227 g/mol. The number of aliphatic carboxylic acids is 1. The van der Waals surface area contributed by atoms with E-state index in [4.69, 9.17) is 0 Å². The second-order valence-corrected chi connectivity index (χ2v) is 4.50. The van der Waals surface area contributed by atoms with E-state index in [9.17, 15) is 14.7 Å². The number of hydrogen-bond acceptors (Lipinski definition) is 3. The Balaban J connectivity index is 2.78. The van der Waals surface area contributed by atoms with Gasteiger partial charge in [0.15, 0.2) is 0 Å². The molecule has 2 atom stereocenters. The van der Waals surface area contributed by atoms with Crippen molar-refractivity contribution in [3.8, 4) is 0 Å². The molecule has 1 aliphatic rings. The Morgan fingerprint density at radius 1 is 1.44 bits per heavy atom. The first-order valence-corrected chi connectivity index (χ1v) is 6.07. The summed E-state index contributed by atoms with van der Waals surface area (Å²) < 4.78 is 0. The molecule has 0 amide bonds. The SMILES string of the molecule is CCCC(C(=O)O)N1CCCCC1C(C)=O. The third-order valence-corrected chi connectivity index (χ3v) is 3.26. The maximum Gasteiger partial charge on any atom is 0.320 e. The van der Waals surface area contributed by atoms with Gasteiger partial charge >= 0.3 is 5.97 Å². The van der Waals surface area contributed by atoms with Gasteiger partial charge in [-0.05, 0) is 32.7 Å². The zero-order valence-corrected chi connectivity index (χ0v) is 10.1. The van der Waals surface area contributed by atoms with Gasteiger partial charge in [0.1, 0.15) is 11.8 Å². The Morgan fingerprint density at radius 3 is 2.62 bits per heavy atom. The lowest BCUT2D eigenvalue weighted by Gasteiger charge is -2.38. The van der Waals surface area contributed by atoms with E-state index in [0.29, 0.717) is 6.42 Å². The highest BCUT2D eigenvalue weighted by atomic mass is 16.4. The summed E-state index contributed by atoms with van der Waals surface area (Å²) in [5.74, 6) is -0.697. The van der Waals surface area contributed by atoms with E-state index in [1.165, 1.54) is 0 Å². The summed E-state index contributed by atoms with van der Waals surface area (Å²) in [5, 5.41) is 9.20. The Labute approximate surface area is 96.6 Å². The van der Waals surface area contributed by atoms with E-state index in [-0.39, 0.29) is 11.8 Å². The lowest BCUT2D eigenvalue weighted by Crippen LogP contribution is -2.52. The number of carbonyl (C=O) groups is 2. The molecule has 0 aromatic heterocycles. The van der Waals surface area contributed by atoms with Crippen molar-refractivity contribution in [2.45, 2.75) is 58.0 Å². The van der Waals surface area contributed by atoms with Crippen LogP contribution in [0.4, 0.5) is 0 Å². The molecule has 92 valence electrons. The second kappa shape index (κ2) is 5.99. The highest BCUT2D eigenvalue weighted by molar-refractivity contribution is 5.83. The van der Waals surface area contributed by atoms with Gasteiger partial charge in [-0.25, -0.2) is 0 Å². The van der Waals surface area contributed by atoms with Crippen LogP contribution in [0.15, 0.2) is 0 Å². The van der Waals surface area contributed by atoms with Crippen LogP contribution in [0.25, 0.3) is 0 Å². The summed E-state index contributed by atoms with van der Waals surface area (Å²) in [6.07, 6.45) is 4.29. The average molecular weight is 227 g/mol. The Hall–Kier alpha value is -0.900. The van der Waals surface area contributed by atoms with E-state index in [2.05, 4.69) is 0 Å². The molecule has 1 heterocycles. The van der Waals surface area contributed by atoms with Gasteiger partial charge in [0.2, 0.25) is 0 Å². The lowest BCUT2D eigenvalue weighted by molar-refractivity contribution is -0.146. The number of nitrogens with zero attached hydrogens (tertiary/aromatic N) is 1. The number of carbonyl (C=O) groups excluding carboxylic acids is 1. The molecule has 0 radical (unpaired) electrons. The predicted octanol–water partition coefficient (Wildman–Crippen LogP) is 1.68. The van der Waals surface area contributed by atoms with Gasteiger partial charge in [0, 0.05) is 0 Å². The van der Waals surface area contributed by atoms with Gasteiger partial charge in [0.05, 0.1) is 6.04 Å². The minimum absolute atomic E-state index is 0.0991. The number of ketones is 1. The van der Waals surface area contributed by atoms with E-state index < -0.39 is 12.0 Å². The van der Waals surface area contributed by atoms with Crippen LogP contribution in [-0.4, -0.2) is 40.4 Å². The standard InChI is InChI=1S/C12H21NO3/c1-3-6-11(12(15)16)13-8-5-4-7-10(13)9(2)14/h10-11H,3-8H2,1-2H3,(H,15,16). The van der Waals surface area contributed by atoms with Crippen molar-refractivity contribution in [2.75, 3.05) is 6.54 Å². The van der Waals surface area contributed by atoms with Crippen molar-refractivity contribution in [2.24, 2.45) is 0 Å². The molecule has 0 spiro atoms. The molecule has 0 aliphatic carbocycles. The Morgan fingerprint density at radius 2 is 2.12 bits per heavy atom. The lowest BCUT2D eigenvalue weighted by atomic mass is 9.95. The minimum Gasteiger partial charge on any atom is -0.480 e. The highest BCUT2D eigenvalue weighted by Crippen LogP contribution is 2.22. The molecule has 0 bridgehead atoms. The van der Waals surface area contributed by atoms with Crippen molar-refractivity contribution in [1.29, 1.82) is 0 Å². The van der Waals surface area contributed by atoms with Crippen LogP contribution in [0.1, 0.15) is 46.0 Å². The predicted molar refractivity (Wildman–Crippen MR) is 61.4 cm³/mol. The molecule has 1 rings (SSSR count). The first-order valence-electron chi connectivity index (χ1n) is 6.07. The first-order chi connectivity index (χ1) is 7.57. The largest absolute Gasteiger partial charge is 0.480 e. The van der Waals surface area contributed by atoms with Crippen LogP contribution < -0.4 is 0 Å². The van der Waals surface area contributed by atoms with Gasteiger partial charge in [-0.1, -0.05) is 19.8 Å². The fraction of sp³-hybridized carbons (Fsp3) is 0.833. The minimum atomic E-state index is -0.796. The summed E-state index contributed by atoms with van der Waals surface area (Å²) in [6, 6.07) is -0.666. The van der Waals surface area contributed by atoms with Gasteiger partial charge < -0.3 is 5.11 Å². The summed E-state index contributed by atoms with van der Waals surface area (Å²) in [6.45, 7) is 4.28. The van der Waals surface area contributed by atoms with Crippen LogP contribution in [0, 0.1) is 0 Å². The molecule has 1 aliphatic heterocycles. The fourth-order valence-electron chi connectivity index (χ4n) is 2.47. The van der Waals surface area contributed by atoms with Crippen LogP contribution in [-0.2, 0) is 9.59 Å². The van der Waals surface area contributed by atoms with Crippen LogP contribution in [0.2, 0.25) is 0 Å². The molecule has 4 nitrogen and oxygen atoms in total. The molecule has 0 aromatic carbocycles. The number of carboxylic acid groups (broad SMARTS) is 1. The summed E-state index contributed by atoms with van der Waals surface area (Å²) >= 11 is 0.